The first-order chi connectivity index (χ1) is 16.5. The molecule has 176 valence electrons. The number of halogens is 1. The Morgan fingerprint density at radius 1 is 1.24 bits per heavy atom. The Morgan fingerprint density at radius 3 is 2.74 bits per heavy atom. The van der Waals surface area contributed by atoms with Gasteiger partial charge in [-0.15, -0.1) is 11.3 Å². The van der Waals surface area contributed by atoms with Crippen LogP contribution in [0.25, 0.3) is 11.1 Å². The minimum Gasteiger partial charge on any atom is -0.359 e. The van der Waals surface area contributed by atoms with Crippen molar-refractivity contribution in [2.24, 2.45) is 0 Å². The van der Waals surface area contributed by atoms with Gasteiger partial charge in [-0.25, -0.2) is 9.37 Å². The maximum Gasteiger partial charge on any atom is 0.275 e. The number of piperidine rings is 1. The molecule has 1 aliphatic rings. The summed E-state index contributed by atoms with van der Waals surface area (Å²) in [6, 6.07) is 14.0. The standard InChI is InChI=1S/C26H27FN4OS2/c1-2-3-13-28-26(33)31-14-11-19(12-15-31)25-30-23(17-34-25)24(32)29-22-16-20(27)9-10-21(22)18-7-5-4-6-8-18/h2-10,16-17,19H,11-15H2,1H3,(H,28,33)(H,29,32). The molecule has 1 fully saturated rings. The first kappa shape index (κ1) is 24.0. The second-order valence-electron chi connectivity index (χ2n) is 8.10. The molecule has 2 aromatic carbocycles. The molecule has 0 unspecified atom stereocenters. The van der Waals surface area contributed by atoms with E-state index in [2.05, 4.69) is 20.5 Å². The van der Waals surface area contributed by atoms with Crippen molar-refractivity contribution in [1.82, 2.24) is 15.2 Å². The van der Waals surface area contributed by atoms with Gasteiger partial charge in [0.2, 0.25) is 0 Å². The number of carbonyl (C=O) groups is 1. The molecule has 0 radical (unpaired) electrons. The number of rotatable bonds is 6. The second-order valence-corrected chi connectivity index (χ2v) is 9.37. The largest absolute Gasteiger partial charge is 0.359 e. The molecule has 1 saturated heterocycles. The third-order valence-electron chi connectivity index (χ3n) is 5.81. The molecule has 1 amide bonds. The number of hydrogen-bond acceptors (Lipinski definition) is 4. The van der Waals surface area contributed by atoms with Crippen molar-refractivity contribution in [3.05, 3.63) is 82.6 Å². The van der Waals surface area contributed by atoms with Crippen molar-refractivity contribution in [2.45, 2.75) is 25.7 Å². The molecule has 0 bridgehead atoms. The summed E-state index contributed by atoms with van der Waals surface area (Å²) in [7, 11) is 0. The molecular weight excluding hydrogens is 467 g/mol. The first-order valence-corrected chi connectivity index (χ1v) is 12.6. The van der Waals surface area contributed by atoms with Gasteiger partial charge in [0.05, 0.1) is 10.7 Å². The maximum absolute atomic E-state index is 14.0. The molecule has 0 spiro atoms. The zero-order valence-electron chi connectivity index (χ0n) is 19.0. The van der Waals surface area contributed by atoms with E-state index in [1.54, 1.807) is 11.4 Å². The van der Waals surface area contributed by atoms with Crippen LogP contribution < -0.4 is 10.6 Å². The first-order valence-electron chi connectivity index (χ1n) is 11.3. The number of nitrogens with one attached hydrogen (secondary N) is 2. The van der Waals surface area contributed by atoms with Gasteiger partial charge in [0.1, 0.15) is 11.5 Å². The van der Waals surface area contributed by atoms with Gasteiger partial charge in [0.15, 0.2) is 5.11 Å². The van der Waals surface area contributed by atoms with E-state index in [9.17, 15) is 9.18 Å². The van der Waals surface area contributed by atoms with Gasteiger partial charge in [0.25, 0.3) is 5.91 Å². The van der Waals surface area contributed by atoms with E-state index in [1.165, 1.54) is 23.5 Å². The number of benzene rings is 2. The molecule has 0 aliphatic carbocycles. The second kappa shape index (κ2) is 11.4. The maximum atomic E-state index is 14.0. The van der Waals surface area contributed by atoms with E-state index < -0.39 is 5.82 Å². The van der Waals surface area contributed by atoms with Crippen molar-refractivity contribution >= 4 is 40.3 Å². The van der Waals surface area contributed by atoms with Gasteiger partial charge in [-0.05, 0) is 55.7 Å². The van der Waals surface area contributed by atoms with Gasteiger partial charge in [0, 0.05) is 36.5 Å². The summed E-state index contributed by atoms with van der Waals surface area (Å²) in [5.41, 5.74) is 2.45. The molecule has 3 aromatic rings. The Kier molecular flexibility index (Phi) is 8.03. The lowest BCUT2D eigenvalue weighted by Crippen LogP contribution is -2.43. The lowest BCUT2D eigenvalue weighted by atomic mass is 9.98. The van der Waals surface area contributed by atoms with E-state index in [-0.39, 0.29) is 5.91 Å². The van der Waals surface area contributed by atoms with Gasteiger partial charge in [-0.2, -0.15) is 0 Å². The van der Waals surface area contributed by atoms with Crippen molar-refractivity contribution < 1.29 is 9.18 Å². The lowest BCUT2D eigenvalue weighted by Gasteiger charge is -2.33. The number of hydrogen-bond donors (Lipinski definition) is 2. The molecule has 0 saturated carbocycles. The van der Waals surface area contributed by atoms with Crippen LogP contribution >= 0.6 is 23.6 Å². The molecule has 4 rings (SSSR count). The number of amides is 1. The van der Waals surface area contributed by atoms with Crippen LogP contribution in [0.4, 0.5) is 10.1 Å². The Hall–Kier alpha value is -3.10. The molecular formula is C26H27FN4OS2. The summed E-state index contributed by atoms with van der Waals surface area (Å²) in [6.45, 7) is 4.44. The highest BCUT2D eigenvalue weighted by Crippen LogP contribution is 2.32. The van der Waals surface area contributed by atoms with Crippen LogP contribution in [0, 0.1) is 5.82 Å². The fourth-order valence-corrected chi connectivity index (χ4v) is 5.20. The summed E-state index contributed by atoms with van der Waals surface area (Å²) in [5, 5.41) is 9.62. The highest BCUT2D eigenvalue weighted by molar-refractivity contribution is 7.80. The molecule has 8 heteroatoms. The minimum atomic E-state index is -0.404. The third-order valence-corrected chi connectivity index (χ3v) is 7.22. The molecule has 0 atom stereocenters. The Labute approximate surface area is 208 Å². The van der Waals surface area contributed by atoms with Crippen molar-refractivity contribution in [3.8, 4) is 11.1 Å². The van der Waals surface area contributed by atoms with Crippen LogP contribution in [0.1, 0.15) is 41.2 Å². The lowest BCUT2D eigenvalue weighted by molar-refractivity contribution is 0.102. The summed E-state index contributed by atoms with van der Waals surface area (Å²) in [4.78, 5) is 19.8. The number of allylic oxidation sites excluding steroid dienone is 1. The van der Waals surface area contributed by atoms with Crippen LogP contribution in [-0.4, -0.2) is 40.5 Å². The average Bonchev–Trinajstić information content (AvgIpc) is 3.35. The van der Waals surface area contributed by atoms with Gasteiger partial charge < -0.3 is 15.5 Å². The van der Waals surface area contributed by atoms with E-state index >= 15 is 0 Å². The summed E-state index contributed by atoms with van der Waals surface area (Å²) < 4.78 is 14.0. The highest BCUT2D eigenvalue weighted by atomic mass is 32.1. The zero-order valence-corrected chi connectivity index (χ0v) is 20.6. The smallest absolute Gasteiger partial charge is 0.275 e. The number of likely N-dealkylation sites (tertiary alicyclic amines) is 1. The van der Waals surface area contributed by atoms with Gasteiger partial charge >= 0.3 is 0 Å². The summed E-state index contributed by atoms with van der Waals surface area (Å²) >= 11 is 6.99. The quantitative estimate of drug-likeness (QED) is 0.333. The van der Waals surface area contributed by atoms with E-state index in [0.29, 0.717) is 17.3 Å². The van der Waals surface area contributed by atoms with Crippen LogP contribution in [0.15, 0.2) is 66.1 Å². The van der Waals surface area contributed by atoms with E-state index in [1.807, 2.05) is 49.4 Å². The number of aromatic nitrogens is 1. The topological polar surface area (TPSA) is 57.3 Å². The zero-order chi connectivity index (χ0) is 23.9. The highest BCUT2D eigenvalue weighted by Gasteiger charge is 2.25. The SMILES string of the molecule is CC=CCNC(=S)N1CCC(c2nc(C(=O)Nc3cc(F)ccc3-c3ccccc3)cs2)CC1. The van der Waals surface area contributed by atoms with Gasteiger partial charge in [-0.1, -0.05) is 42.5 Å². The predicted molar refractivity (Wildman–Crippen MR) is 141 cm³/mol. The minimum absolute atomic E-state index is 0.301. The Bertz CT molecular complexity index is 1170. The number of thiocarbonyl (C=S) groups is 1. The molecule has 2 heterocycles. The third kappa shape index (κ3) is 5.87. The molecule has 34 heavy (non-hydrogen) atoms. The summed E-state index contributed by atoms with van der Waals surface area (Å²) in [6.07, 6.45) is 5.90. The summed E-state index contributed by atoms with van der Waals surface area (Å²) in [5.74, 6) is -0.439. The number of anilines is 1. The van der Waals surface area contributed by atoms with Crippen molar-refractivity contribution in [1.29, 1.82) is 0 Å². The number of thiazole rings is 1. The Balaban J connectivity index is 1.39. The fraction of sp³-hybridized carbons (Fsp3) is 0.269. The van der Waals surface area contributed by atoms with Crippen LogP contribution in [0.5, 0.6) is 0 Å². The molecule has 2 N–H and O–H groups in total. The van der Waals surface area contributed by atoms with E-state index in [0.717, 1.165) is 53.7 Å². The van der Waals surface area contributed by atoms with Crippen LogP contribution in [-0.2, 0) is 0 Å². The number of nitrogens with zero attached hydrogens (tertiary/aromatic N) is 2. The average molecular weight is 495 g/mol. The fourth-order valence-electron chi connectivity index (χ4n) is 3.96. The van der Waals surface area contributed by atoms with E-state index in [4.69, 9.17) is 12.2 Å². The Morgan fingerprint density at radius 2 is 2.00 bits per heavy atom. The monoisotopic (exact) mass is 494 g/mol. The molecule has 1 aliphatic heterocycles. The van der Waals surface area contributed by atoms with Crippen molar-refractivity contribution in [3.63, 3.8) is 0 Å². The van der Waals surface area contributed by atoms with Crippen LogP contribution in [0.3, 0.4) is 0 Å². The normalized spacial score (nSPS) is 14.4. The van der Waals surface area contributed by atoms with Gasteiger partial charge in [-0.3, -0.25) is 4.79 Å². The molecule has 5 nitrogen and oxygen atoms in total. The van der Waals surface area contributed by atoms with Crippen molar-refractivity contribution in [2.75, 3.05) is 25.0 Å². The van der Waals surface area contributed by atoms with Crippen LogP contribution in [0.2, 0.25) is 0 Å². The predicted octanol–water partition coefficient (Wildman–Crippen LogP) is 5.83. The molecule has 1 aromatic heterocycles. The number of carbonyl (C=O) groups excluding carboxylic acids is 1.